The Kier molecular flexibility index (Phi) is 3.35. The highest BCUT2D eigenvalue weighted by molar-refractivity contribution is 7.09. The normalized spacial score (nSPS) is 10.8. The van der Waals surface area contributed by atoms with Crippen LogP contribution in [0.3, 0.4) is 0 Å². The number of aromatic nitrogens is 3. The third kappa shape index (κ3) is 2.69. The van der Waals surface area contributed by atoms with Gasteiger partial charge in [-0.3, -0.25) is 4.98 Å². The predicted molar refractivity (Wildman–Crippen MR) is 72.5 cm³/mol. The van der Waals surface area contributed by atoms with Crippen molar-refractivity contribution in [2.45, 2.75) is 13.0 Å². The van der Waals surface area contributed by atoms with Crippen LogP contribution in [0.4, 0.5) is 0 Å². The van der Waals surface area contributed by atoms with E-state index in [-0.39, 0.29) is 0 Å². The highest BCUT2D eigenvalue weighted by Gasteiger charge is 2.10. The van der Waals surface area contributed by atoms with Crippen LogP contribution in [-0.2, 0) is 13.0 Å². The average Bonchev–Trinajstić information content (AvgIpc) is 3.11. The number of pyridine rings is 1. The maximum absolute atomic E-state index is 5.53. The minimum atomic E-state index is 0.440. The molecule has 0 saturated heterocycles. The van der Waals surface area contributed by atoms with E-state index in [1.165, 1.54) is 4.88 Å². The molecule has 3 aromatic rings. The third-order valence-corrected chi connectivity index (χ3v) is 3.54. The van der Waals surface area contributed by atoms with Crippen LogP contribution >= 0.6 is 11.3 Å². The molecular weight excluding hydrogens is 260 g/mol. The van der Waals surface area contributed by atoms with E-state index in [0.29, 0.717) is 30.4 Å². The van der Waals surface area contributed by atoms with Crippen LogP contribution in [0.25, 0.3) is 11.6 Å². The molecule has 0 radical (unpaired) electrons. The fourth-order valence-corrected chi connectivity index (χ4v) is 2.37. The third-order valence-electron chi connectivity index (χ3n) is 2.66. The summed E-state index contributed by atoms with van der Waals surface area (Å²) in [6, 6.07) is 7.80. The molecule has 0 bridgehead atoms. The molecule has 3 rings (SSSR count). The summed E-state index contributed by atoms with van der Waals surface area (Å²) in [7, 11) is 0. The van der Waals surface area contributed by atoms with Crippen LogP contribution in [0.15, 0.2) is 40.4 Å². The SMILES string of the molecule is NCc1ccc(-c2nc(Cc3cccs3)no2)nc1. The van der Waals surface area contributed by atoms with Crippen molar-refractivity contribution in [2.24, 2.45) is 5.73 Å². The second kappa shape index (κ2) is 5.29. The molecule has 19 heavy (non-hydrogen) atoms. The van der Waals surface area contributed by atoms with Crippen molar-refractivity contribution in [3.8, 4) is 11.6 Å². The van der Waals surface area contributed by atoms with E-state index >= 15 is 0 Å². The molecule has 0 aliphatic rings. The summed E-state index contributed by atoms with van der Waals surface area (Å²) < 4.78 is 5.22. The minimum Gasteiger partial charge on any atom is -0.332 e. The Balaban J connectivity index is 1.80. The molecule has 0 atom stereocenters. The standard InChI is InChI=1S/C13H12N4OS/c14-7-9-3-4-11(15-8-9)13-16-12(17-18-13)6-10-2-1-5-19-10/h1-5,8H,6-7,14H2. The molecule has 0 aliphatic heterocycles. The lowest BCUT2D eigenvalue weighted by molar-refractivity contribution is 0.423. The van der Waals surface area contributed by atoms with E-state index in [1.54, 1.807) is 17.5 Å². The second-order valence-electron chi connectivity index (χ2n) is 4.03. The van der Waals surface area contributed by atoms with Gasteiger partial charge in [-0.05, 0) is 23.1 Å². The van der Waals surface area contributed by atoms with Crippen LogP contribution in [-0.4, -0.2) is 15.1 Å². The van der Waals surface area contributed by atoms with Gasteiger partial charge in [0.05, 0.1) is 0 Å². The summed E-state index contributed by atoms with van der Waals surface area (Å²) >= 11 is 1.68. The maximum atomic E-state index is 5.53. The summed E-state index contributed by atoms with van der Waals surface area (Å²) in [5.74, 6) is 1.11. The Morgan fingerprint density at radius 1 is 1.26 bits per heavy atom. The molecule has 0 saturated carbocycles. The van der Waals surface area contributed by atoms with Gasteiger partial charge in [0.25, 0.3) is 5.89 Å². The predicted octanol–water partition coefficient (Wildman–Crippen LogP) is 2.24. The van der Waals surface area contributed by atoms with Gasteiger partial charge in [0, 0.05) is 24.0 Å². The Bertz CT molecular complexity index is 646. The van der Waals surface area contributed by atoms with Crippen molar-refractivity contribution in [3.63, 3.8) is 0 Å². The average molecular weight is 272 g/mol. The molecule has 2 N–H and O–H groups in total. The molecule has 0 aromatic carbocycles. The molecule has 6 heteroatoms. The summed E-state index contributed by atoms with van der Waals surface area (Å²) in [4.78, 5) is 9.81. The molecule has 0 amide bonds. The summed E-state index contributed by atoms with van der Waals surface area (Å²) in [6.45, 7) is 0.473. The van der Waals surface area contributed by atoms with E-state index in [4.69, 9.17) is 10.3 Å². The van der Waals surface area contributed by atoms with Crippen LogP contribution in [0.1, 0.15) is 16.3 Å². The molecule has 3 aromatic heterocycles. The number of thiophene rings is 1. The van der Waals surface area contributed by atoms with Gasteiger partial charge in [-0.25, -0.2) is 0 Å². The maximum Gasteiger partial charge on any atom is 0.276 e. The van der Waals surface area contributed by atoms with Gasteiger partial charge in [-0.2, -0.15) is 4.98 Å². The van der Waals surface area contributed by atoms with Gasteiger partial charge in [0.15, 0.2) is 5.82 Å². The van der Waals surface area contributed by atoms with Gasteiger partial charge >= 0.3 is 0 Å². The van der Waals surface area contributed by atoms with Gasteiger partial charge in [0.1, 0.15) is 5.69 Å². The molecule has 0 aliphatic carbocycles. The zero-order valence-corrected chi connectivity index (χ0v) is 10.9. The lowest BCUT2D eigenvalue weighted by Gasteiger charge is -1.96. The lowest BCUT2D eigenvalue weighted by Crippen LogP contribution is -1.97. The van der Waals surface area contributed by atoms with E-state index < -0.39 is 0 Å². The van der Waals surface area contributed by atoms with Crippen LogP contribution < -0.4 is 5.73 Å². The Labute approximate surface area is 114 Å². The molecule has 0 spiro atoms. The largest absolute Gasteiger partial charge is 0.332 e. The first-order valence-electron chi connectivity index (χ1n) is 5.85. The van der Waals surface area contributed by atoms with Gasteiger partial charge in [-0.15, -0.1) is 11.3 Å². The van der Waals surface area contributed by atoms with E-state index in [0.717, 1.165) is 5.56 Å². The minimum absolute atomic E-state index is 0.440. The Morgan fingerprint density at radius 3 is 2.89 bits per heavy atom. The quantitative estimate of drug-likeness (QED) is 0.788. The highest BCUT2D eigenvalue weighted by Crippen LogP contribution is 2.17. The highest BCUT2D eigenvalue weighted by atomic mass is 32.1. The fraction of sp³-hybridized carbons (Fsp3) is 0.154. The van der Waals surface area contributed by atoms with Crippen molar-refractivity contribution >= 4 is 11.3 Å². The zero-order valence-electron chi connectivity index (χ0n) is 10.1. The topological polar surface area (TPSA) is 77.8 Å². The summed E-state index contributed by atoms with van der Waals surface area (Å²) in [5.41, 5.74) is 7.17. The molecule has 3 heterocycles. The first-order valence-corrected chi connectivity index (χ1v) is 6.73. The number of nitrogens with zero attached hydrogens (tertiary/aromatic N) is 3. The number of nitrogens with two attached hydrogens (primary N) is 1. The zero-order chi connectivity index (χ0) is 13.1. The number of hydrogen-bond acceptors (Lipinski definition) is 6. The summed E-state index contributed by atoms with van der Waals surface area (Å²) in [6.07, 6.45) is 2.40. The Morgan fingerprint density at radius 2 is 2.21 bits per heavy atom. The second-order valence-corrected chi connectivity index (χ2v) is 5.06. The van der Waals surface area contributed by atoms with E-state index in [1.807, 2.05) is 23.6 Å². The number of rotatable bonds is 4. The van der Waals surface area contributed by atoms with Crippen molar-refractivity contribution in [1.82, 2.24) is 15.1 Å². The van der Waals surface area contributed by atoms with Gasteiger partial charge in [0.2, 0.25) is 0 Å². The van der Waals surface area contributed by atoms with Gasteiger partial charge < -0.3 is 10.3 Å². The first kappa shape index (κ1) is 12.0. The van der Waals surface area contributed by atoms with Crippen LogP contribution in [0, 0.1) is 0 Å². The van der Waals surface area contributed by atoms with Crippen molar-refractivity contribution in [3.05, 3.63) is 52.1 Å². The van der Waals surface area contributed by atoms with Crippen molar-refractivity contribution in [1.29, 1.82) is 0 Å². The first-order chi connectivity index (χ1) is 9.35. The van der Waals surface area contributed by atoms with E-state index in [9.17, 15) is 0 Å². The molecule has 0 fully saturated rings. The lowest BCUT2D eigenvalue weighted by atomic mass is 10.2. The van der Waals surface area contributed by atoms with Gasteiger partial charge in [-0.1, -0.05) is 17.3 Å². The molecule has 0 unspecified atom stereocenters. The Hall–Kier alpha value is -2.05. The van der Waals surface area contributed by atoms with Crippen LogP contribution in [0.5, 0.6) is 0 Å². The van der Waals surface area contributed by atoms with Crippen LogP contribution in [0.2, 0.25) is 0 Å². The summed E-state index contributed by atoms with van der Waals surface area (Å²) in [5, 5.41) is 6.00. The monoisotopic (exact) mass is 272 g/mol. The molecular formula is C13H12N4OS. The fourth-order valence-electron chi connectivity index (χ4n) is 1.67. The molecule has 96 valence electrons. The number of hydrogen-bond donors (Lipinski definition) is 1. The van der Waals surface area contributed by atoms with Crippen molar-refractivity contribution < 1.29 is 4.52 Å². The van der Waals surface area contributed by atoms with E-state index in [2.05, 4.69) is 21.2 Å². The van der Waals surface area contributed by atoms with Crippen molar-refractivity contribution in [2.75, 3.05) is 0 Å². The molecule has 5 nitrogen and oxygen atoms in total. The smallest absolute Gasteiger partial charge is 0.276 e.